The number of hydrogen-bond donors (Lipinski definition) is 1. The lowest BCUT2D eigenvalue weighted by Crippen LogP contribution is -2.45. The zero-order valence-corrected chi connectivity index (χ0v) is 15.4. The zero-order valence-electron chi connectivity index (χ0n) is 13.7. The third-order valence-electron chi connectivity index (χ3n) is 4.23. The first-order chi connectivity index (χ1) is 9.13. The van der Waals surface area contributed by atoms with Crippen LogP contribution in [0.4, 0.5) is 0 Å². The molecule has 122 valence electrons. The number of rotatable bonds is 4. The summed E-state index contributed by atoms with van der Waals surface area (Å²) in [5.74, 6) is 0. The van der Waals surface area contributed by atoms with Crippen LogP contribution in [0, 0.1) is 20.8 Å². The second kappa shape index (κ2) is 9.68. The summed E-state index contributed by atoms with van der Waals surface area (Å²) in [6.07, 6.45) is 2.52. The van der Waals surface area contributed by atoms with Gasteiger partial charge in [-0.15, -0.1) is 24.8 Å². The minimum Gasteiger partial charge on any atom is -0.314 e. The molecule has 1 atom stereocenters. The fourth-order valence-electron chi connectivity index (χ4n) is 3.49. The van der Waals surface area contributed by atoms with E-state index in [9.17, 15) is 0 Å². The van der Waals surface area contributed by atoms with Crippen molar-refractivity contribution in [1.82, 2.24) is 10.2 Å². The van der Waals surface area contributed by atoms with Crippen molar-refractivity contribution >= 4 is 24.8 Å². The van der Waals surface area contributed by atoms with Gasteiger partial charge < -0.3 is 5.32 Å². The van der Waals surface area contributed by atoms with Crippen molar-refractivity contribution in [2.24, 2.45) is 0 Å². The van der Waals surface area contributed by atoms with E-state index in [1.54, 1.807) is 5.56 Å². The number of halogens is 2. The molecule has 1 aromatic rings. The molecule has 1 aliphatic rings. The van der Waals surface area contributed by atoms with Crippen molar-refractivity contribution in [3.8, 4) is 0 Å². The molecular formula is C17H30Cl2N2. The maximum absolute atomic E-state index is 3.46. The van der Waals surface area contributed by atoms with Crippen LogP contribution in [-0.4, -0.2) is 31.1 Å². The number of nitrogens with one attached hydrogen (secondary N) is 1. The van der Waals surface area contributed by atoms with E-state index >= 15 is 0 Å². The minimum atomic E-state index is 0. The van der Waals surface area contributed by atoms with Crippen LogP contribution >= 0.6 is 24.8 Å². The SMILES string of the molecule is CCC[C@@H](c1c(C)cc(C)cc1C)N1CCNCC1.Cl.Cl. The van der Waals surface area contributed by atoms with Gasteiger partial charge in [-0.05, 0) is 43.9 Å². The quantitative estimate of drug-likeness (QED) is 0.888. The molecule has 0 saturated carbocycles. The Balaban J connectivity index is 0.00000200. The van der Waals surface area contributed by atoms with E-state index in [0.29, 0.717) is 6.04 Å². The van der Waals surface area contributed by atoms with Gasteiger partial charge >= 0.3 is 0 Å². The first-order valence-corrected chi connectivity index (χ1v) is 7.66. The third kappa shape index (κ3) is 5.14. The number of hydrogen-bond acceptors (Lipinski definition) is 2. The highest BCUT2D eigenvalue weighted by molar-refractivity contribution is 5.85. The van der Waals surface area contributed by atoms with E-state index in [1.165, 1.54) is 42.6 Å². The molecule has 0 unspecified atom stereocenters. The summed E-state index contributed by atoms with van der Waals surface area (Å²) in [5.41, 5.74) is 5.90. The second-order valence-corrected chi connectivity index (χ2v) is 5.90. The fourth-order valence-corrected chi connectivity index (χ4v) is 3.49. The number of piperazine rings is 1. The van der Waals surface area contributed by atoms with Crippen LogP contribution in [0.25, 0.3) is 0 Å². The topological polar surface area (TPSA) is 15.3 Å². The molecule has 1 aliphatic heterocycles. The van der Waals surface area contributed by atoms with Gasteiger partial charge in [0, 0.05) is 32.2 Å². The first kappa shape index (κ1) is 20.7. The molecule has 0 bridgehead atoms. The number of benzene rings is 1. The molecule has 4 heteroatoms. The van der Waals surface area contributed by atoms with E-state index in [0.717, 1.165) is 13.1 Å². The van der Waals surface area contributed by atoms with Crippen LogP contribution in [0.1, 0.15) is 48.1 Å². The summed E-state index contributed by atoms with van der Waals surface area (Å²) < 4.78 is 0. The normalized spacial score (nSPS) is 16.8. The second-order valence-electron chi connectivity index (χ2n) is 5.90. The van der Waals surface area contributed by atoms with E-state index in [1.807, 2.05) is 0 Å². The van der Waals surface area contributed by atoms with Gasteiger partial charge in [-0.3, -0.25) is 4.90 Å². The maximum Gasteiger partial charge on any atom is 0.0354 e. The third-order valence-corrected chi connectivity index (χ3v) is 4.23. The highest BCUT2D eigenvalue weighted by atomic mass is 35.5. The van der Waals surface area contributed by atoms with Crippen molar-refractivity contribution in [3.63, 3.8) is 0 Å². The molecule has 1 heterocycles. The van der Waals surface area contributed by atoms with Crippen LogP contribution < -0.4 is 5.32 Å². The van der Waals surface area contributed by atoms with E-state index in [2.05, 4.69) is 50.0 Å². The van der Waals surface area contributed by atoms with Crippen molar-refractivity contribution in [2.45, 2.75) is 46.6 Å². The Morgan fingerprint density at radius 3 is 2.05 bits per heavy atom. The lowest BCUT2D eigenvalue weighted by Gasteiger charge is -2.36. The van der Waals surface area contributed by atoms with Crippen LogP contribution in [0.2, 0.25) is 0 Å². The monoisotopic (exact) mass is 332 g/mol. The summed E-state index contributed by atoms with van der Waals surface area (Å²) in [6.45, 7) is 13.7. The van der Waals surface area contributed by atoms with Gasteiger partial charge in [-0.2, -0.15) is 0 Å². The van der Waals surface area contributed by atoms with Gasteiger partial charge in [0.2, 0.25) is 0 Å². The average Bonchev–Trinajstić information content (AvgIpc) is 2.37. The van der Waals surface area contributed by atoms with Gasteiger partial charge in [0.25, 0.3) is 0 Å². The van der Waals surface area contributed by atoms with E-state index < -0.39 is 0 Å². The molecule has 0 radical (unpaired) electrons. The largest absolute Gasteiger partial charge is 0.314 e. The fraction of sp³-hybridized carbons (Fsp3) is 0.647. The molecule has 0 amide bonds. The Kier molecular flexibility index (Phi) is 9.55. The van der Waals surface area contributed by atoms with Crippen LogP contribution in [-0.2, 0) is 0 Å². The van der Waals surface area contributed by atoms with Crippen LogP contribution in [0.5, 0.6) is 0 Å². The van der Waals surface area contributed by atoms with Crippen molar-refractivity contribution in [3.05, 3.63) is 34.4 Å². The maximum atomic E-state index is 3.46. The molecule has 1 aromatic carbocycles. The summed E-state index contributed by atoms with van der Waals surface area (Å²) in [5, 5.41) is 3.46. The molecule has 1 fully saturated rings. The molecule has 1 saturated heterocycles. The number of nitrogens with zero attached hydrogens (tertiary/aromatic N) is 1. The van der Waals surface area contributed by atoms with Gasteiger partial charge in [0.15, 0.2) is 0 Å². The predicted molar refractivity (Wildman–Crippen MR) is 97.2 cm³/mol. The van der Waals surface area contributed by atoms with Crippen molar-refractivity contribution < 1.29 is 0 Å². The standard InChI is InChI=1S/C17H28N2.2ClH/c1-5-6-16(19-9-7-18-8-10-19)17-14(3)11-13(2)12-15(17)4;;/h11-12,16,18H,5-10H2,1-4H3;2*1H/t16-;;/m0../s1. The summed E-state index contributed by atoms with van der Waals surface area (Å²) in [4.78, 5) is 2.67. The Labute approximate surface area is 142 Å². The molecule has 0 aliphatic carbocycles. The van der Waals surface area contributed by atoms with Crippen LogP contribution in [0.3, 0.4) is 0 Å². The summed E-state index contributed by atoms with van der Waals surface area (Å²) in [7, 11) is 0. The number of aryl methyl sites for hydroxylation is 3. The molecule has 2 rings (SSSR count). The highest BCUT2D eigenvalue weighted by Crippen LogP contribution is 2.31. The Morgan fingerprint density at radius 1 is 1.05 bits per heavy atom. The molecule has 1 N–H and O–H groups in total. The smallest absolute Gasteiger partial charge is 0.0354 e. The Bertz CT molecular complexity index is 406. The van der Waals surface area contributed by atoms with Gasteiger partial charge in [0.05, 0.1) is 0 Å². The lowest BCUT2D eigenvalue weighted by atomic mass is 9.90. The first-order valence-electron chi connectivity index (χ1n) is 7.66. The van der Waals surface area contributed by atoms with Gasteiger partial charge in [0.1, 0.15) is 0 Å². The van der Waals surface area contributed by atoms with Crippen LogP contribution in [0.15, 0.2) is 12.1 Å². The Hall–Kier alpha value is -0.280. The highest BCUT2D eigenvalue weighted by Gasteiger charge is 2.24. The van der Waals surface area contributed by atoms with Gasteiger partial charge in [-0.25, -0.2) is 0 Å². The van der Waals surface area contributed by atoms with Crippen molar-refractivity contribution in [2.75, 3.05) is 26.2 Å². The lowest BCUT2D eigenvalue weighted by molar-refractivity contribution is 0.163. The molecule has 0 spiro atoms. The average molecular weight is 333 g/mol. The van der Waals surface area contributed by atoms with Crippen molar-refractivity contribution in [1.29, 1.82) is 0 Å². The van der Waals surface area contributed by atoms with Gasteiger partial charge in [-0.1, -0.05) is 31.0 Å². The molecule has 21 heavy (non-hydrogen) atoms. The predicted octanol–water partition coefficient (Wildman–Crippen LogP) is 4.20. The molecule has 0 aromatic heterocycles. The summed E-state index contributed by atoms with van der Waals surface area (Å²) in [6, 6.07) is 5.29. The van der Waals surface area contributed by atoms with E-state index in [4.69, 9.17) is 0 Å². The minimum absolute atomic E-state index is 0. The molecule has 2 nitrogen and oxygen atoms in total. The summed E-state index contributed by atoms with van der Waals surface area (Å²) >= 11 is 0. The molecular weight excluding hydrogens is 303 g/mol. The Morgan fingerprint density at radius 2 is 1.57 bits per heavy atom. The zero-order chi connectivity index (χ0) is 13.8. The van der Waals surface area contributed by atoms with E-state index in [-0.39, 0.29) is 24.8 Å².